The third kappa shape index (κ3) is 3.21. The maximum atomic E-state index is 11.4. The smallest absolute Gasteiger partial charge is 0.249 e. The molecule has 0 saturated heterocycles. The van der Waals surface area contributed by atoms with Crippen molar-refractivity contribution in [1.82, 2.24) is 5.32 Å². The number of carbonyl (C=O) groups excluding carboxylic acids is 1. The minimum atomic E-state index is -0.114. The zero-order valence-electron chi connectivity index (χ0n) is 7.97. The van der Waals surface area contributed by atoms with E-state index in [1.165, 1.54) is 6.08 Å². The van der Waals surface area contributed by atoms with Crippen molar-refractivity contribution in [3.05, 3.63) is 28.5 Å². The van der Waals surface area contributed by atoms with Crippen molar-refractivity contribution in [2.75, 3.05) is 12.3 Å². The van der Waals surface area contributed by atoms with Crippen molar-refractivity contribution >= 4 is 40.2 Å². The maximum absolute atomic E-state index is 11.4. The van der Waals surface area contributed by atoms with Gasteiger partial charge in [-0.25, -0.2) is 0 Å². The van der Waals surface area contributed by atoms with E-state index in [4.69, 9.17) is 0 Å². The minimum absolute atomic E-state index is 0.114. The molecule has 1 aliphatic rings. The third-order valence-electron chi connectivity index (χ3n) is 1.76. The summed E-state index contributed by atoms with van der Waals surface area (Å²) in [5.74, 6) is 0.848. The molecule has 15 heavy (non-hydrogen) atoms. The van der Waals surface area contributed by atoms with E-state index in [1.54, 1.807) is 29.2 Å². The Morgan fingerprint density at radius 3 is 3.20 bits per heavy atom. The van der Waals surface area contributed by atoms with Crippen LogP contribution in [0.5, 0.6) is 0 Å². The summed E-state index contributed by atoms with van der Waals surface area (Å²) in [7, 11) is 0. The molecule has 78 valence electrons. The summed E-state index contributed by atoms with van der Waals surface area (Å²) in [6.07, 6.45) is 3.34. The first-order valence-corrected chi connectivity index (χ1v) is 6.41. The van der Waals surface area contributed by atoms with E-state index < -0.39 is 0 Å². The Bertz CT molecular complexity index is 396. The van der Waals surface area contributed by atoms with Crippen LogP contribution in [0.2, 0.25) is 0 Å². The van der Waals surface area contributed by atoms with Crippen LogP contribution in [0.15, 0.2) is 28.6 Å². The standard InChI is InChI=1S/C10H10N2OS2/c13-9(12-10-11-5-7-15-10)4-3-8-2-1-6-14-8/h1-4,6H,5,7H2,(H,11,12,13)/b4-3+. The summed E-state index contributed by atoms with van der Waals surface area (Å²) in [5.41, 5.74) is 0. The van der Waals surface area contributed by atoms with E-state index in [9.17, 15) is 4.79 Å². The lowest BCUT2D eigenvalue weighted by molar-refractivity contribution is -0.115. The van der Waals surface area contributed by atoms with Crippen LogP contribution in [0.1, 0.15) is 4.88 Å². The van der Waals surface area contributed by atoms with Crippen LogP contribution >= 0.6 is 23.1 Å². The Morgan fingerprint density at radius 2 is 2.53 bits per heavy atom. The van der Waals surface area contributed by atoms with Crippen molar-refractivity contribution in [2.24, 2.45) is 4.99 Å². The molecule has 0 atom stereocenters. The van der Waals surface area contributed by atoms with Crippen molar-refractivity contribution in [2.45, 2.75) is 0 Å². The molecule has 0 bridgehead atoms. The van der Waals surface area contributed by atoms with Gasteiger partial charge in [-0.2, -0.15) is 0 Å². The third-order valence-corrected chi connectivity index (χ3v) is 3.49. The van der Waals surface area contributed by atoms with Crippen LogP contribution < -0.4 is 5.32 Å². The van der Waals surface area contributed by atoms with E-state index in [1.807, 2.05) is 17.5 Å². The first kappa shape index (κ1) is 10.4. The fourth-order valence-corrected chi connectivity index (χ4v) is 2.45. The molecule has 1 N–H and O–H groups in total. The van der Waals surface area contributed by atoms with Crippen molar-refractivity contribution in [3.63, 3.8) is 0 Å². The van der Waals surface area contributed by atoms with Crippen LogP contribution in [-0.2, 0) is 4.79 Å². The first-order chi connectivity index (χ1) is 7.34. The lowest BCUT2D eigenvalue weighted by Crippen LogP contribution is -2.25. The molecule has 1 aromatic heterocycles. The quantitative estimate of drug-likeness (QED) is 0.800. The lowest BCUT2D eigenvalue weighted by atomic mass is 10.4. The van der Waals surface area contributed by atoms with Gasteiger partial charge in [0.25, 0.3) is 0 Å². The first-order valence-electron chi connectivity index (χ1n) is 4.54. The molecule has 3 nitrogen and oxygen atoms in total. The fraction of sp³-hybridized carbons (Fsp3) is 0.200. The van der Waals surface area contributed by atoms with E-state index in [2.05, 4.69) is 10.3 Å². The Balaban J connectivity index is 1.87. The van der Waals surface area contributed by atoms with Crippen molar-refractivity contribution in [3.8, 4) is 0 Å². The molecule has 0 saturated carbocycles. The molecule has 0 aromatic carbocycles. The Labute approximate surface area is 96.3 Å². The monoisotopic (exact) mass is 238 g/mol. The topological polar surface area (TPSA) is 41.5 Å². The number of aliphatic imine (C=N–C) groups is 1. The highest BCUT2D eigenvalue weighted by Crippen LogP contribution is 2.11. The van der Waals surface area contributed by atoms with Gasteiger partial charge < -0.3 is 5.32 Å². The van der Waals surface area contributed by atoms with Gasteiger partial charge in [0.1, 0.15) is 0 Å². The van der Waals surface area contributed by atoms with Crippen LogP contribution in [-0.4, -0.2) is 23.4 Å². The van der Waals surface area contributed by atoms with E-state index >= 15 is 0 Å². The van der Waals surface area contributed by atoms with Gasteiger partial charge in [-0.3, -0.25) is 9.79 Å². The Hall–Kier alpha value is -1.07. The summed E-state index contributed by atoms with van der Waals surface area (Å²) < 4.78 is 0. The summed E-state index contributed by atoms with van der Waals surface area (Å²) in [6.45, 7) is 0.801. The van der Waals surface area contributed by atoms with Gasteiger partial charge in [-0.05, 0) is 17.5 Å². The molecule has 0 aliphatic carbocycles. The second-order valence-electron chi connectivity index (χ2n) is 2.87. The number of amides is 1. The average molecular weight is 238 g/mol. The number of carbonyl (C=O) groups is 1. The molecule has 2 heterocycles. The van der Waals surface area contributed by atoms with Gasteiger partial charge >= 0.3 is 0 Å². The highest BCUT2D eigenvalue weighted by Gasteiger charge is 2.08. The molecule has 0 fully saturated rings. The van der Waals surface area contributed by atoms with Gasteiger partial charge in [0.15, 0.2) is 5.17 Å². The number of hydrogen-bond donors (Lipinski definition) is 1. The molecule has 0 radical (unpaired) electrons. The highest BCUT2D eigenvalue weighted by molar-refractivity contribution is 8.14. The number of thiophene rings is 1. The second kappa shape index (κ2) is 5.14. The number of nitrogens with one attached hydrogen (secondary N) is 1. The predicted molar refractivity (Wildman–Crippen MR) is 66.3 cm³/mol. The Morgan fingerprint density at radius 1 is 1.60 bits per heavy atom. The number of nitrogens with zero attached hydrogens (tertiary/aromatic N) is 1. The number of hydrogen-bond acceptors (Lipinski definition) is 4. The van der Waals surface area contributed by atoms with Crippen LogP contribution in [0.3, 0.4) is 0 Å². The number of rotatable bonds is 2. The van der Waals surface area contributed by atoms with E-state index in [0.29, 0.717) is 0 Å². The molecule has 1 aliphatic heterocycles. The van der Waals surface area contributed by atoms with Crippen LogP contribution in [0, 0.1) is 0 Å². The van der Waals surface area contributed by atoms with Gasteiger partial charge in [-0.15, -0.1) is 11.3 Å². The van der Waals surface area contributed by atoms with E-state index in [0.717, 1.165) is 22.3 Å². The normalized spacial score (nSPS) is 15.6. The van der Waals surface area contributed by atoms with Gasteiger partial charge in [0.05, 0.1) is 6.54 Å². The van der Waals surface area contributed by atoms with Gasteiger partial charge in [-0.1, -0.05) is 17.8 Å². The minimum Gasteiger partial charge on any atom is -0.302 e. The molecule has 0 spiro atoms. The van der Waals surface area contributed by atoms with E-state index in [-0.39, 0.29) is 5.91 Å². The van der Waals surface area contributed by atoms with Crippen LogP contribution in [0.4, 0.5) is 0 Å². The Kier molecular flexibility index (Phi) is 3.58. The maximum Gasteiger partial charge on any atom is 0.249 e. The fourth-order valence-electron chi connectivity index (χ4n) is 1.10. The highest BCUT2D eigenvalue weighted by atomic mass is 32.2. The molecule has 1 aromatic rings. The van der Waals surface area contributed by atoms with Crippen molar-refractivity contribution < 1.29 is 4.79 Å². The van der Waals surface area contributed by atoms with Crippen molar-refractivity contribution in [1.29, 1.82) is 0 Å². The largest absolute Gasteiger partial charge is 0.302 e. The summed E-state index contributed by atoms with van der Waals surface area (Å²) >= 11 is 3.19. The number of thioether (sulfide) groups is 1. The number of amidine groups is 1. The molecular weight excluding hydrogens is 228 g/mol. The second-order valence-corrected chi connectivity index (χ2v) is 4.94. The molecule has 5 heteroatoms. The lowest BCUT2D eigenvalue weighted by Gasteiger charge is -1.97. The molecule has 2 rings (SSSR count). The molecular formula is C10H10N2OS2. The van der Waals surface area contributed by atoms with Gasteiger partial charge in [0.2, 0.25) is 5.91 Å². The molecule has 1 amide bonds. The summed E-state index contributed by atoms with van der Waals surface area (Å²) in [4.78, 5) is 16.6. The SMILES string of the molecule is O=C(/C=C/c1cccs1)NC1=NCCS1. The van der Waals surface area contributed by atoms with Crippen LogP contribution in [0.25, 0.3) is 6.08 Å². The zero-order valence-corrected chi connectivity index (χ0v) is 9.61. The zero-order chi connectivity index (χ0) is 10.5. The average Bonchev–Trinajstić information content (AvgIpc) is 2.86. The summed E-state index contributed by atoms with van der Waals surface area (Å²) in [5, 5.41) is 5.45. The summed E-state index contributed by atoms with van der Waals surface area (Å²) in [6, 6.07) is 3.93. The molecule has 0 unspecified atom stereocenters. The van der Waals surface area contributed by atoms with Gasteiger partial charge in [0, 0.05) is 16.7 Å². The predicted octanol–water partition coefficient (Wildman–Crippen LogP) is 1.98.